The predicted octanol–water partition coefficient (Wildman–Crippen LogP) is 0.372. The van der Waals surface area contributed by atoms with Crippen LogP contribution >= 0.6 is 0 Å². The maximum atomic E-state index is 11.3. The Morgan fingerprint density at radius 2 is 2.26 bits per heavy atom. The van der Waals surface area contributed by atoms with Crippen molar-refractivity contribution in [1.82, 2.24) is 9.72 Å². The summed E-state index contributed by atoms with van der Waals surface area (Å²) in [6, 6.07) is 0. The Labute approximate surface area is 111 Å². The molecule has 19 heavy (non-hydrogen) atoms. The van der Waals surface area contributed by atoms with Gasteiger partial charge in [-0.05, 0) is 26.7 Å². The summed E-state index contributed by atoms with van der Waals surface area (Å²) in [4.78, 5) is 22.5. The van der Waals surface area contributed by atoms with Gasteiger partial charge in [-0.3, -0.25) is 13.9 Å². The van der Waals surface area contributed by atoms with E-state index >= 15 is 0 Å². The van der Waals surface area contributed by atoms with Crippen LogP contribution in [0, 0.1) is 6.92 Å². The molecule has 1 aromatic heterocycles. The van der Waals surface area contributed by atoms with Gasteiger partial charge in [0.15, 0.2) is 5.82 Å². The van der Waals surface area contributed by atoms with E-state index in [9.17, 15) is 9.59 Å². The number of hydrogen-bond acceptors (Lipinski definition) is 6. The van der Waals surface area contributed by atoms with E-state index in [1.165, 1.54) is 11.7 Å². The van der Waals surface area contributed by atoms with Gasteiger partial charge in [0.2, 0.25) is 0 Å². The molecule has 0 saturated carbocycles. The molecule has 0 aliphatic carbocycles. The summed E-state index contributed by atoms with van der Waals surface area (Å²) in [5.74, 6) is -0.385. The van der Waals surface area contributed by atoms with Crippen LogP contribution in [0.15, 0.2) is 21.5 Å². The van der Waals surface area contributed by atoms with Gasteiger partial charge in [0, 0.05) is 6.54 Å². The number of carbonyl (C=O) groups excluding carboxylic acids is 1. The molecule has 0 bridgehead atoms. The largest absolute Gasteiger partial charge is 0.468 e. The Balaban J connectivity index is 2.44. The Hall–Kier alpha value is -1.89. The molecule has 0 radical (unpaired) electrons. The minimum atomic E-state index is -1.03. The highest BCUT2D eigenvalue weighted by molar-refractivity contribution is 5.80. The van der Waals surface area contributed by atoms with Crippen molar-refractivity contribution in [2.75, 3.05) is 7.11 Å². The third-order valence-corrected chi connectivity index (χ3v) is 2.75. The summed E-state index contributed by atoms with van der Waals surface area (Å²) >= 11 is 0. The first-order valence-corrected chi connectivity index (χ1v) is 5.94. The molecule has 0 aliphatic heterocycles. The molecule has 1 atom stereocenters. The van der Waals surface area contributed by atoms with E-state index in [0.717, 1.165) is 0 Å². The molecular weight excluding hydrogens is 250 g/mol. The van der Waals surface area contributed by atoms with Gasteiger partial charge in [-0.2, -0.15) is 0 Å². The fraction of sp³-hybridized carbons (Fsp3) is 0.583. The molecule has 0 fully saturated rings. The first-order chi connectivity index (χ1) is 8.88. The maximum absolute atomic E-state index is 11.3. The lowest BCUT2D eigenvalue weighted by atomic mass is 9.99. The van der Waals surface area contributed by atoms with Gasteiger partial charge in [0.05, 0.1) is 7.11 Å². The zero-order valence-corrected chi connectivity index (χ0v) is 11.4. The molecule has 1 heterocycles. The molecule has 1 rings (SSSR count). The molecule has 0 aliphatic rings. The topological polar surface area (TPSA) is 100 Å². The molecule has 2 N–H and O–H groups in total. The molecular formula is C12H19N3O4. The summed E-state index contributed by atoms with van der Waals surface area (Å²) in [6.07, 6.45) is 4.65. The van der Waals surface area contributed by atoms with Crippen molar-refractivity contribution in [3.05, 3.63) is 28.5 Å². The van der Waals surface area contributed by atoms with Crippen molar-refractivity contribution in [2.24, 2.45) is 5.73 Å². The van der Waals surface area contributed by atoms with Gasteiger partial charge in [-0.25, -0.2) is 4.79 Å². The molecule has 7 nitrogen and oxygen atoms in total. The third-order valence-electron chi connectivity index (χ3n) is 2.75. The van der Waals surface area contributed by atoms with E-state index in [0.29, 0.717) is 25.2 Å². The molecule has 0 spiro atoms. The van der Waals surface area contributed by atoms with Crippen molar-refractivity contribution in [3.8, 4) is 0 Å². The fourth-order valence-corrected chi connectivity index (χ4v) is 1.55. The van der Waals surface area contributed by atoms with E-state index in [1.807, 2.05) is 6.08 Å². The molecule has 106 valence electrons. The Morgan fingerprint density at radius 3 is 2.79 bits per heavy atom. The summed E-state index contributed by atoms with van der Waals surface area (Å²) < 4.78 is 10.5. The lowest BCUT2D eigenvalue weighted by molar-refractivity contribution is -0.146. The highest BCUT2D eigenvalue weighted by Crippen LogP contribution is 2.09. The molecule has 1 aromatic rings. The van der Waals surface area contributed by atoms with Gasteiger partial charge in [0.1, 0.15) is 5.54 Å². The number of nitrogens with two attached hydrogens (primary N) is 1. The van der Waals surface area contributed by atoms with Crippen molar-refractivity contribution in [1.29, 1.82) is 0 Å². The van der Waals surface area contributed by atoms with Crippen LogP contribution in [-0.4, -0.2) is 28.3 Å². The number of aryl methyl sites for hydroxylation is 1. The standard InChI is InChI=1S/C12H19N3O4/c1-9-14-19-11(17)15(9)8-6-4-5-7-12(2,13)10(16)18-3/h4-5H,6-8,13H2,1-3H3/b5-4-. The lowest BCUT2D eigenvalue weighted by Crippen LogP contribution is -2.45. The first kappa shape index (κ1) is 15.2. The number of aromatic nitrogens is 2. The number of carbonyl (C=O) groups is 1. The van der Waals surface area contributed by atoms with E-state index in [1.54, 1.807) is 19.9 Å². The predicted molar refractivity (Wildman–Crippen MR) is 68.5 cm³/mol. The average Bonchev–Trinajstić information content (AvgIpc) is 2.68. The van der Waals surface area contributed by atoms with E-state index in [4.69, 9.17) is 5.73 Å². The van der Waals surface area contributed by atoms with Gasteiger partial charge in [-0.15, -0.1) is 0 Å². The number of rotatable bonds is 6. The zero-order chi connectivity index (χ0) is 14.5. The van der Waals surface area contributed by atoms with Gasteiger partial charge in [-0.1, -0.05) is 17.3 Å². The second-order valence-corrected chi connectivity index (χ2v) is 4.52. The van der Waals surface area contributed by atoms with Crippen LogP contribution in [0.25, 0.3) is 0 Å². The Kier molecular flexibility index (Phi) is 5.05. The van der Waals surface area contributed by atoms with E-state index in [2.05, 4.69) is 14.4 Å². The number of methoxy groups -OCH3 is 1. The molecule has 1 unspecified atom stereocenters. The average molecular weight is 269 g/mol. The lowest BCUT2D eigenvalue weighted by Gasteiger charge is -2.19. The number of ether oxygens (including phenoxy) is 1. The van der Waals surface area contributed by atoms with Crippen molar-refractivity contribution in [2.45, 2.75) is 38.8 Å². The number of nitrogens with zero attached hydrogens (tertiary/aromatic N) is 2. The smallest absolute Gasteiger partial charge is 0.441 e. The molecule has 0 saturated heterocycles. The normalized spacial score (nSPS) is 14.5. The second-order valence-electron chi connectivity index (χ2n) is 4.52. The highest BCUT2D eigenvalue weighted by Gasteiger charge is 2.27. The summed E-state index contributed by atoms with van der Waals surface area (Å²) in [5.41, 5.74) is 4.76. The van der Waals surface area contributed by atoms with Crippen molar-refractivity contribution in [3.63, 3.8) is 0 Å². The highest BCUT2D eigenvalue weighted by atomic mass is 16.5. The van der Waals surface area contributed by atoms with Crippen LogP contribution in [0.5, 0.6) is 0 Å². The number of allylic oxidation sites excluding steroid dienone is 1. The second kappa shape index (κ2) is 6.33. The van der Waals surface area contributed by atoms with Gasteiger partial charge in [0.25, 0.3) is 0 Å². The fourth-order valence-electron chi connectivity index (χ4n) is 1.55. The monoisotopic (exact) mass is 269 g/mol. The SMILES string of the molecule is COC(=O)C(C)(N)C/C=C\CCn1c(C)noc1=O. The van der Waals surface area contributed by atoms with Crippen LogP contribution in [0.4, 0.5) is 0 Å². The Bertz CT molecular complexity index is 513. The Morgan fingerprint density at radius 1 is 1.58 bits per heavy atom. The summed E-state index contributed by atoms with van der Waals surface area (Å²) in [6.45, 7) is 3.78. The summed E-state index contributed by atoms with van der Waals surface area (Å²) in [7, 11) is 1.30. The summed E-state index contributed by atoms with van der Waals surface area (Å²) in [5, 5.41) is 3.56. The zero-order valence-electron chi connectivity index (χ0n) is 11.4. The third kappa shape index (κ3) is 4.06. The minimum Gasteiger partial charge on any atom is -0.468 e. The van der Waals surface area contributed by atoms with Gasteiger partial charge >= 0.3 is 11.7 Å². The quantitative estimate of drug-likeness (QED) is 0.591. The van der Waals surface area contributed by atoms with Crippen molar-refractivity contribution >= 4 is 5.97 Å². The van der Waals surface area contributed by atoms with Crippen LogP contribution in [-0.2, 0) is 16.1 Å². The number of esters is 1. The van der Waals surface area contributed by atoms with Crippen LogP contribution < -0.4 is 11.5 Å². The van der Waals surface area contributed by atoms with Crippen LogP contribution in [0.1, 0.15) is 25.6 Å². The van der Waals surface area contributed by atoms with Crippen molar-refractivity contribution < 1.29 is 14.1 Å². The van der Waals surface area contributed by atoms with Crippen LogP contribution in [0.2, 0.25) is 0 Å². The van der Waals surface area contributed by atoms with Gasteiger partial charge < -0.3 is 10.5 Å². The molecule has 0 amide bonds. The number of hydrogen-bond donors (Lipinski definition) is 1. The minimum absolute atomic E-state index is 0.372. The van der Waals surface area contributed by atoms with Crippen LogP contribution in [0.3, 0.4) is 0 Å². The molecule has 7 heteroatoms. The van der Waals surface area contributed by atoms with E-state index in [-0.39, 0.29) is 0 Å². The van der Waals surface area contributed by atoms with E-state index < -0.39 is 17.3 Å². The maximum Gasteiger partial charge on any atom is 0.441 e. The first-order valence-electron chi connectivity index (χ1n) is 5.94. The molecule has 0 aromatic carbocycles.